The molecule has 3 heterocycles. The Balaban J connectivity index is 1.85. The molecule has 1 aliphatic rings. The van der Waals surface area contributed by atoms with Crippen LogP contribution in [0.4, 0.5) is 4.39 Å². The number of aliphatic imine (C=N–C) groups is 1. The Bertz CT molecular complexity index is 1650. The number of nitriles is 1. The number of aromatic nitrogens is 2. The summed E-state index contributed by atoms with van der Waals surface area (Å²) in [6, 6.07) is 18.1. The van der Waals surface area contributed by atoms with E-state index in [-0.39, 0.29) is 23.0 Å². The van der Waals surface area contributed by atoms with Crippen LogP contribution in [0.15, 0.2) is 83.0 Å². The average molecular weight is 478 g/mol. The molecule has 1 unspecified atom stereocenters. The first kappa shape index (κ1) is 23.2. The normalized spacial score (nSPS) is 16.5. The quantitative estimate of drug-likeness (QED) is 0.456. The Kier molecular flexibility index (Phi) is 5.52. The molecule has 4 aromatic rings. The van der Waals surface area contributed by atoms with Crippen LogP contribution < -0.4 is 11.3 Å². The van der Waals surface area contributed by atoms with Gasteiger partial charge in [0.25, 0.3) is 5.56 Å². The van der Waals surface area contributed by atoms with Crippen molar-refractivity contribution in [3.63, 3.8) is 0 Å². The van der Waals surface area contributed by atoms with E-state index in [1.165, 1.54) is 12.3 Å². The van der Waals surface area contributed by atoms with Crippen LogP contribution in [0.1, 0.15) is 53.3 Å². The van der Waals surface area contributed by atoms with Crippen molar-refractivity contribution < 1.29 is 4.39 Å². The van der Waals surface area contributed by atoms with Gasteiger partial charge in [0.05, 0.1) is 11.1 Å². The Labute approximate surface area is 208 Å². The minimum atomic E-state index is -1.17. The second-order valence-corrected chi connectivity index (χ2v) is 9.24. The summed E-state index contributed by atoms with van der Waals surface area (Å²) in [5.74, 6) is -0.354. The molecule has 1 aliphatic heterocycles. The number of rotatable bonds is 4. The van der Waals surface area contributed by atoms with Crippen LogP contribution in [0, 0.1) is 24.1 Å². The summed E-state index contributed by atoms with van der Waals surface area (Å²) in [5.41, 5.74) is 10.0. The van der Waals surface area contributed by atoms with Gasteiger partial charge in [-0.1, -0.05) is 30.3 Å². The van der Waals surface area contributed by atoms with E-state index in [9.17, 15) is 10.1 Å². The molecule has 2 N–H and O–H groups in total. The molecule has 0 bridgehead atoms. The summed E-state index contributed by atoms with van der Waals surface area (Å²) in [6.45, 7) is 5.64. The number of nitrogens with two attached hydrogens (primary N) is 1. The highest BCUT2D eigenvalue weighted by molar-refractivity contribution is 6.03. The minimum Gasteiger partial charge on any atom is -0.383 e. The lowest BCUT2D eigenvalue weighted by Gasteiger charge is -2.31. The highest BCUT2D eigenvalue weighted by Gasteiger charge is 2.44. The molecule has 5 rings (SSSR count). The lowest BCUT2D eigenvalue weighted by atomic mass is 9.77. The molecule has 0 radical (unpaired) electrons. The molecular weight excluding hydrogens is 453 g/mol. The molecule has 7 heteroatoms. The zero-order valence-corrected chi connectivity index (χ0v) is 20.2. The van der Waals surface area contributed by atoms with Crippen LogP contribution in [0.2, 0.25) is 0 Å². The highest BCUT2D eigenvalue weighted by atomic mass is 19.1. The number of fused-ring (bicyclic) bond motifs is 1. The fraction of sp³-hybridized carbons (Fsp3) is 0.172. The maximum Gasteiger partial charge on any atom is 0.253 e. The van der Waals surface area contributed by atoms with E-state index >= 15 is 4.39 Å². The highest BCUT2D eigenvalue weighted by Crippen LogP contribution is 2.47. The molecule has 2 aromatic heterocycles. The lowest BCUT2D eigenvalue weighted by Crippen LogP contribution is -2.31. The van der Waals surface area contributed by atoms with Gasteiger partial charge in [-0.25, -0.2) is 9.38 Å². The largest absolute Gasteiger partial charge is 0.383 e. The molecule has 0 saturated heterocycles. The van der Waals surface area contributed by atoms with Crippen LogP contribution in [-0.4, -0.2) is 15.4 Å². The zero-order chi connectivity index (χ0) is 25.6. The number of pyridine rings is 2. The Hall–Kier alpha value is -4.57. The Morgan fingerprint density at radius 3 is 2.58 bits per heavy atom. The molecule has 0 amide bonds. The predicted molar refractivity (Wildman–Crippen MR) is 137 cm³/mol. The monoisotopic (exact) mass is 477 g/mol. The van der Waals surface area contributed by atoms with E-state index in [1.807, 2.05) is 50.2 Å². The molecule has 0 fully saturated rings. The van der Waals surface area contributed by atoms with Crippen molar-refractivity contribution >= 4 is 5.84 Å². The van der Waals surface area contributed by atoms with Crippen molar-refractivity contribution in [1.82, 2.24) is 9.55 Å². The zero-order valence-electron chi connectivity index (χ0n) is 20.2. The van der Waals surface area contributed by atoms with Gasteiger partial charge in [0, 0.05) is 46.9 Å². The summed E-state index contributed by atoms with van der Waals surface area (Å²) in [7, 11) is 0. The Morgan fingerprint density at radius 1 is 1.06 bits per heavy atom. The van der Waals surface area contributed by atoms with Gasteiger partial charge in [0.1, 0.15) is 23.3 Å². The van der Waals surface area contributed by atoms with E-state index in [2.05, 4.69) is 11.1 Å². The van der Waals surface area contributed by atoms with Gasteiger partial charge in [-0.3, -0.25) is 9.78 Å². The summed E-state index contributed by atoms with van der Waals surface area (Å²) < 4.78 is 16.7. The van der Waals surface area contributed by atoms with Gasteiger partial charge in [-0.15, -0.1) is 0 Å². The number of nitrogens with zero attached hydrogens (tertiary/aromatic N) is 4. The van der Waals surface area contributed by atoms with Crippen molar-refractivity contribution in [3.8, 4) is 17.2 Å². The lowest BCUT2D eigenvalue weighted by molar-refractivity contribution is 0.557. The SMILES string of the molecule is Cc1cc(C2(c3cccc(-c4cncc(C#N)c4)c3)N=C(N)c3c(F)cccc32)cn(C(C)C)c1=O. The van der Waals surface area contributed by atoms with E-state index in [0.29, 0.717) is 22.3 Å². The fourth-order valence-corrected chi connectivity index (χ4v) is 4.90. The van der Waals surface area contributed by atoms with Gasteiger partial charge < -0.3 is 10.3 Å². The van der Waals surface area contributed by atoms with Gasteiger partial charge >= 0.3 is 0 Å². The first-order chi connectivity index (χ1) is 17.3. The van der Waals surface area contributed by atoms with Crippen molar-refractivity contribution in [2.24, 2.45) is 10.7 Å². The first-order valence-electron chi connectivity index (χ1n) is 11.6. The number of benzene rings is 2. The van der Waals surface area contributed by atoms with E-state index in [4.69, 9.17) is 10.7 Å². The second-order valence-electron chi connectivity index (χ2n) is 9.24. The third kappa shape index (κ3) is 3.50. The van der Waals surface area contributed by atoms with Gasteiger partial charge in [0.15, 0.2) is 0 Å². The van der Waals surface area contributed by atoms with Crippen molar-refractivity contribution in [1.29, 1.82) is 5.26 Å². The molecule has 1 atom stereocenters. The summed E-state index contributed by atoms with van der Waals surface area (Å²) in [6.07, 6.45) is 4.99. The molecule has 0 saturated carbocycles. The summed E-state index contributed by atoms with van der Waals surface area (Å²) in [5, 5.41) is 9.32. The van der Waals surface area contributed by atoms with Crippen LogP contribution in [0.5, 0.6) is 0 Å². The second kappa shape index (κ2) is 8.58. The molecule has 178 valence electrons. The summed E-state index contributed by atoms with van der Waals surface area (Å²) >= 11 is 0. The summed E-state index contributed by atoms with van der Waals surface area (Å²) in [4.78, 5) is 22.0. The first-order valence-corrected chi connectivity index (χ1v) is 11.6. The number of hydrogen-bond acceptors (Lipinski definition) is 5. The van der Waals surface area contributed by atoms with E-state index < -0.39 is 11.4 Å². The minimum absolute atomic E-state index is 0.0889. The van der Waals surface area contributed by atoms with Crippen LogP contribution in [-0.2, 0) is 5.54 Å². The number of hydrogen-bond donors (Lipinski definition) is 1. The van der Waals surface area contributed by atoms with E-state index in [1.54, 1.807) is 36.0 Å². The maximum atomic E-state index is 15.0. The smallest absolute Gasteiger partial charge is 0.253 e. The van der Waals surface area contributed by atoms with Crippen molar-refractivity contribution in [2.75, 3.05) is 0 Å². The standard InChI is InChI=1S/C29H24FN5O/c1-17(2)35-16-23(10-18(3)28(35)36)29(24-8-5-9-25(30)26(24)27(32)34-29)22-7-4-6-20(12-22)21-11-19(13-31)14-33-15-21/h4-12,14-17H,1-3H3,(H2,32,34). The molecule has 0 aliphatic carbocycles. The predicted octanol–water partition coefficient (Wildman–Crippen LogP) is 4.82. The molecule has 36 heavy (non-hydrogen) atoms. The van der Waals surface area contributed by atoms with Gasteiger partial charge in [0.2, 0.25) is 0 Å². The van der Waals surface area contributed by atoms with Gasteiger partial charge in [-0.05, 0) is 56.2 Å². The van der Waals surface area contributed by atoms with Crippen LogP contribution >= 0.6 is 0 Å². The van der Waals surface area contributed by atoms with E-state index in [0.717, 1.165) is 16.7 Å². The molecule has 0 spiro atoms. The third-order valence-corrected chi connectivity index (χ3v) is 6.62. The number of amidine groups is 1. The van der Waals surface area contributed by atoms with Crippen molar-refractivity contribution in [3.05, 3.63) is 123 Å². The number of aryl methyl sites for hydroxylation is 1. The van der Waals surface area contributed by atoms with Crippen LogP contribution in [0.25, 0.3) is 11.1 Å². The fourth-order valence-electron chi connectivity index (χ4n) is 4.90. The third-order valence-electron chi connectivity index (χ3n) is 6.62. The van der Waals surface area contributed by atoms with Crippen molar-refractivity contribution in [2.45, 2.75) is 32.4 Å². The Morgan fingerprint density at radius 2 is 1.83 bits per heavy atom. The molecule has 6 nitrogen and oxygen atoms in total. The van der Waals surface area contributed by atoms with Crippen LogP contribution in [0.3, 0.4) is 0 Å². The maximum absolute atomic E-state index is 15.0. The topological polar surface area (TPSA) is 97.1 Å². The average Bonchev–Trinajstić information content (AvgIpc) is 3.20. The number of halogens is 1. The molecular formula is C29H24FN5O. The van der Waals surface area contributed by atoms with Gasteiger partial charge in [-0.2, -0.15) is 5.26 Å². The molecule has 2 aromatic carbocycles.